The van der Waals surface area contributed by atoms with Gasteiger partial charge in [-0.15, -0.1) is 0 Å². The van der Waals surface area contributed by atoms with Crippen molar-refractivity contribution in [2.75, 3.05) is 18.1 Å². The van der Waals surface area contributed by atoms with Crippen LogP contribution in [0.4, 0.5) is 5.82 Å². The van der Waals surface area contributed by atoms with Gasteiger partial charge in [-0.2, -0.15) is 0 Å². The van der Waals surface area contributed by atoms with Crippen LogP contribution in [0, 0.1) is 6.92 Å². The lowest BCUT2D eigenvalue weighted by molar-refractivity contribution is 0.101. The third kappa shape index (κ3) is 4.46. The summed E-state index contributed by atoms with van der Waals surface area (Å²) < 4.78 is 5.65. The minimum absolute atomic E-state index is 0.00644. The minimum atomic E-state index is -0.00644. The monoisotopic (exact) mass is 303 g/mol. The first-order valence-corrected chi connectivity index (χ1v) is 7.51. The van der Waals surface area contributed by atoms with Crippen LogP contribution in [0.1, 0.15) is 23.0 Å². The Bertz CT molecular complexity index is 626. The average Bonchev–Trinajstić information content (AvgIpc) is 2.43. The maximum Gasteiger partial charge on any atom is 0.189 e. The molecule has 1 aromatic carbocycles. The molecule has 0 bridgehead atoms. The van der Waals surface area contributed by atoms with E-state index in [0.717, 1.165) is 5.69 Å². The molecular formula is C15H17N3O2S. The van der Waals surface area contributed by atoms with Gasteiger partial charge in [0.25, 0.3) is 0 Å². The standard InChI is InChI=1S/C15H17N3O2S/c1-10-9-14(16)18-15(17-10)21-8-7-20-13-6-4-3-5-12(13)11(2)19/h3-6,9H,7-8H2,1-2H3,(H2,16,17,18). The van der Waals surface area contributed by atoms with Gasteiger partial charge in [0.05, 0.1) is 12.2 Å². The van der Waals surface area contributed by atoms with Crippen molar-refractivity contribution >= 4 is 23.4 Å². The number of nitrogens with two attached hydrogens (primary N) is 1. The zero-order chi connectivity index (χ0) is 15.2. The minimum Gasteiger partial charge on any atom is -0.492 e. The highest BCUT2D eigenvalue weighted by Crippen LogP contribution is 2.20. The number of aryl methyl sites for hydroxylation is 1. The van der Waals surface area contributed by atoms with E-state index in [9.17, 15) is 4.79 Å². The first-order valence-electron chi connectivity index (χ1n) is 6.53. The average molecular weight is 303 g/mol. The normalized spacial score (nSPS) is 10.4. The summed E-state index contributed by atoms with van der Waals surface area (Å²) in [5.41, 5.74) is 7.11. The van der Waals surface area contributed by atoms with E-state index in [-0.39, 0.29) is 5.78 Å². The van der Waals surface area contributed by atoms with Crippen LogP contribution >= 0.6 is 11.8 Å². The number of carbonyl (C=O) groups excluding carboxylic acids is 1. The molecule has 2 aromatic rings. The third-order valence-electron chi connectivity index (χ3n) is 2.69. The predicted octanol–water partition coefficient (Wildman–Crippen LogP) is 2.74. The summed E-state index contributed by atoms with van der Waals surface area (Å²) >= 11 is 1.47. The number of anilines is 1. The summed E-state index contributed by atoms with van der Waals surface area (Å²) in [5.74, 6) is 1.74. The Morgan fingerprint density at radius 2 is 2.10 bits per heavy atom. The van der Waals surface area contributed by atoms with Gasteiger partial charge in [0.1, 0.15) is 11.6 Å². The largest absolute Gasteiger partial charge is 0.492 e. The Kier molecular flexibility index (Phi) is 5.16. The lowest BCUT2D eigenvalue weighted by atomic mass is 10.1. The SMILES string of the molecule is CC(=O)c1ccccc1OCCSc1nc(C)cc(N)n1. The lowest BCUT2D eigenvalue weighted by Gasteiger charge is -2.09. The molecule has 2 rings (SSSR count). The van der Waals surface area contributed by atoms with Crippen LogP contribution in [0.25, 0.3) is 0 Å². The second kappa shape index (κ2) is 7.08. The number of para-hydroxylation sites is 1. The lowest BCUT2D eigenvalue weighted by Crippen LogP contribution is -2.05. The number of aromatic nitrogens is 2. The van der Waals surface area contributed by atoms with E-state index in [1.807, 2.05) is 19.1 Å². The zero-order valence-corrected chi connectivity index (χ0v) is 12.8. The van der Waals surface area contributed by atoms with Crippen molar-refractivity contribution in [3.8, 4) is 5.75 Å². The number of ketones is 1. The molecule has 0 aliphatic rings. The van der Waals surface area contributed by atoms with E-state index < -0.39 is 0 Å². The fourth-order valence-electron chi connectivity index (χ4n) is 1.80. The fourth-order valence-corrected chi connectivity index (χ4v) is 2.53. The van der Waals surface area contributed by atoms with Crippen LogP contribution in [-0.4, -0.2) is 28.1 Å². The maximum absolute atomic E-state index is 11.5. The first-order chi connectivity index (χ1) is 10.1. The predicted molar refractivity (Wildman–Crippen MR) is 83.8 cm³/mol. The molecule has 110 valence electrons. The van der Waals surface area contributed by atoms with Crippen molar-refractivity contribution in [3.05, 3.63) is 41.6 Å². The summed E-state index contributed by atoms with van der Waals surface area (Å²) in [6, 6.07) is 8.95. The summed E-state index contributed by atoms with van der Waals surface area (Å²) in [7, 11) is 0. The number of nitrogens with zero attached hydrogens (tertiary/aromatic N) is 2. The molecule has 0 amide bonds. The van der Waals surface area contributed by atoms with Crippen LogP contribution in [0.2, 0.25) is 0 Å². The number of benzene rings is 1. The number of hydrogen-bond donors (Lipinski definition) is 1. The van der Waals surface area contributed by atoms with Crippen molar-refractivity contribution in [2.45, 2.75) is 19.0 Å². The highest BCUT2D eigenvalue weighted by atomic mass is 32.2. The number of ether oxygens (including phenoxy) is 1. The van der Waals surface area contributed by atoms with Crippen molar-refractivity contribution in [3.63, 3.8) is 0 Å². The van der Waals surface area contributed by atoms with Crippen LogP contribution in [-0.2, 0) is 0 Å². The molecule has 0 spiro atoms. The number of carbonyl (C=O) groups is 1. The van der Waals surface area contributed by atoms with Gasteiger partial charge in [0.2, 0.25) is 0 Å². The maximum atomic E-state index is 11.5. The van der Waals surface area contributed by atoms with Crippen molar-refractivity contribution in [1.82, 2.24) is 9.97 Å². The van der Waals surface area contributed by atoms with Gasteiger partial charge in [0, 0.05) is 17.5 Å². The molecule has 0 saturated carbocycles. The molecule has 0 fully saturated rings. The fraction of sp³-hybridized carbons (Fsp3) is 0.267. The van der Waals surface area contributed by atoms with E-state index in [0.29, 0.717) is 34.6 Å². The Labute approximate surface area is 127 Å². The first kappa shape index (κ1) is 15.3. The van der Waals surface area contributed by atoms with Gasteiger partial charge in [-0.3, -0.25) is 4.79 Å². The van der Waals surface area contributed by atoms with Crippen molar-refractivity contribution in [2.24, 2.45) is 0 Å². The smallest absolute Gasteiger partial charge is 0.189 e. The molecular weight excluding hydrogens is 286 g/mol. The number of rotatable bonds is 6. The summed E-state index contributed by atoms with van der Waals surface area (Å²) in [4.78, 5) is 19.9. The van der Waals surface area contributed by atoms with Gasteiger partial charge in [-0.05, 0) is 26.0 Å². The number of hydrogen-bond acceptors (Lipinski definition) is 6. The van der Waals surface area contributed by atoms with Crippen LogP contribution in [0.15, 0.2) is 35.5 Å². The van der Waals surface area contributed by atoms with Crippen molar-refractivity contribution in [1.29, 1.82) is 0 Å². The second-order valence-electron chi connectivity index (χ2n) is 4.47. The summed E-state index contributed by atoms with van der Waals surface area (Å²) in [5, 5.41) is 0.635. The van der Waals surface area contributed by atoms with Gasteiger partial charge >= 0.3 is 0 Å². The Balaban J connectivity index is 1.89. The molecule has 6 heteroatoms. The van der Waals surface area contributed by atoms with E-state index in [1.165, 1.54) is 18.7 Å². The number of thioether (sulfide) groups is 1. The molecule has 1 aromatic heterocycles. The van der Waals surface area contributed by atoms with Crippen LogP contribution in [0.5, 0.6) is 5.75 Å². The zero-order valence-electron chi connectivity index (χ0n) is 12.0. The molecule has 5 nitrogen and oxygen atoms in total. The molecule has 1 heterocycles. The van der Waals surface area contributed by atoms with Gasteiger partial charge in [-0.25, -0.2) is 9.97 Å². The molecule has 0 radical (unpaired) electrons. The molecule has 0 aliphatic heterocycles. The third-order valence-corrected chi connectivity index (χ3v) is 3.50. The quantitative estimate of drug-likeness (QED) is 0.382. The Hall–Kier alpha value is -2.08. The summed E-state index contributed by atoms with van der Waals surface area (Å²) in [6.45, 7) is 3.87. The van der Waals surface area contributed by atoms with E-state index in [1.54, 1.807) is 18.2 Å². The van der Waals surface area contributed by atoms with Crippen LogP contribution in [0.3, 0.4) is 0 Å². The number of nitrogen functional groups attached to an aromatic ring is 1. The molecule has 0 saturated heterocycles. The van der Waals surface area contributed by atoms with Gasteiger partial charge in [0.15, 0.2) is 10.9 Å². The Morgan fingerprint density at radius 1 is 1.33 bits per heavy atom. The molecule has 2 N–H and O–H groups in total. The molecule has 21 heavy (non-hydrogen) atoms. The highest BCUT2D eigenvalue weighted by Gasteiger charge is 2.07. The van der Waals surface area contributed by atoms with E-state index in [4.69, 9.17) is 10.5 Å². The van der Waals surface area contributed by atoms with E-state index in [2.05, 4.69) is 9.97 Å². The van der Waals surface area contributed by atoms with Gasteiger partial charge in [-0.1, -0.05) is 23.9 Å². The van der Waals surface area contributed by atoms with Crippen LogP contribution < -0.4 is 10.5 Å². The molecule has 0 aliphatic carbocycles. The van der Waals surface area contributed by atoms with Crippen molar-refractivity contribution < 1.29 is 9.53 Å². The Morgan fingerprint density at radius 3 is 2.81 bits per heavy atom. The van der Waals surface area contributed by atoms with Gasteiger partial charge < -0.3 is 10.5 Å². The molecule has 0 unspecified atom stereocenters. The summed E-state index contributed by atoms with van der Waals surface area (Å²) in [6.07, 6.45) is 0. The second-order valence-corrected chi connectivity index (χ2v) is 5.53. The number of Topliss-reactive ketones (excluding diaryl/α,β-unsaturated/α-hetero) is 1. The van der Waals surface area contributed by atoms with E-state index >= 15 is 0 Å². The molecule has 0 atom stereocenters. The highest BCUT2D eigenvalue weighted by molar-refractivity contribution is 7.99. The topological polar surface area (TPSA) is 78.1 Å².